The zero-order valence-electron chi connectivity index (χ0n) is 20.4. The van der Waals surface area contributed by atoms with Crippen LogP contribution < -0.4 is 10.2 Å². The number of hydrogen-bond donors (Lipinski definition) is 2. The molecule has 2 aromatic carbocycles. The van der Waals surface area contributed by atoms with Gasteiger partial charge in [-0.15, -0.1) is 0 Å². The molecule has 0 bridgehead atoms. The summed E-state index contributed by atoms with van der Waals surface area (Å²) < 4.78 is 0. The smallest absolute Gasteiger partial charge is 0.331 e. The van der Waals surface area contributed by atoms with Crippen LogP contribution in [0.1, 0.15) is 64.9 Å². The fourth-order valence-corrected chi connectivity index (χ4v) is 3.64. The van der Waals surface area contributed by atoms with Crippen molar-refractivity contribution in [2.24, 2.45) is 5.92 Å². The van der Waals surface area contributed by atoms with E-state index in [1.54, 1.807) is 18.0 Å². The number of urea groups is 1. The van der Waals surface area contributed by atoms with E-state index in [0.29, 0.717) is 12.1 Å². The second kappa shape index (κ2) is 13.5. The maximum absolute atomic E-state index is 12.5. The predicted octanol–water partition coefficient (Wildman–Crippen LogP) is 6.98. The third-order valence-electron chi connectivity index (χ3n) is 6.05. The van der Waals surface area contributed by atoms with Crippen LogP contribution in [0.2, 0.25) is 0 Å². The molecule has 2 N–H and O–H groups in total. The van der Waals surface area contributed by atoms with Crippen LogP contribution in [0.5, 0.6) is 0 Å². The highest BCUT2D eigenvalue weighted by molar-refractivity contribution is 5.93. The van der Waals surface area contributed by atoms with Gasteiger partial charge in [0.1, 0.15) is 0 Å². The lowest BCUT2D eigenvalue weighted by molar-refractivity contribution is -0.133. The number of carbonyl (C=O) groups excluding carboxylic acids is 1. The number of nitrogens with zero attached hydrogens (tertiary/aromatic N) is 1. The summed E-state index contributed by atoms with van der Waals surface area (Å²) >= 11 is 0. The maximum Gasteiger partial charge on any atom is 0.331 e. The molecule has 33 heavy (non-hydrogen) atoms. The SMILES string of the molecule is CCCCCCCNC(=O)N(C)c1cccc(-c2ccc(C=C(C(=O)O)C(C)CC)cc2)c1. The topological polar surface area (TPSA) is 69.6 Å². The number of nitrogens with one attached hydrogen (secondary N) is 1. The van der Waals surface area contributed by atoms with Gasteiger partial charge in [0.15, 0.2) is 0 Å². The zero-order chi connectivity index (χ0) is 24.2. The van der Waals surface area contributed by atoms with Crippen molar-refractivity contribution in [2.45, 2.75) is 59.3 Å². The second-order valence-electron chi connectivity index (χ2n) is 8.59. The number of carboxylic acid groups (broad SMARTS) is 1. The number of rotatable bonds is 12. The quantitative estimate of drug-likeness (QED) is 0.271. The molecule has 0 saturated heterocycles. The Bertz CT molecular complexity index is 934. The summed E-state index contributed by atoms with van der Waals surface area (Å²) in [5, 5.41) is 12.5. The van der Waals surface area contributed by atoms with Crippen LogP contribution in [0, 0.1) is 5.92 Å². The van der Waals surface area contributed by atoms with Gasteiger partial charge >= 0.3 is 12.0 Å². The predicted molar refractivity (Wildman–Crippen MR) is 138 cm³/mol. The first-order chi connectivity index (χ1) is 15.9. The van der Waals surface area contributed by atoms with Gasteiger partial charge in [0.25, 0.3) is 0 Å². The van der Waals surface area contributed by atoms with E-state index < -0.39 is 5.97 Å². The molecule has 0 heterocycles. The summed E-state index contributed by atoms with van der Waals surface area (Å²) in [5.74, 6) is -0.875. The van der Waals surface area contributed by atoms with Crippen molar-refractivity contribution < 1.29 is 14.7 Å². The fraction of sp³-hybridized carbons (Fsp3) is 0.429. The van der Waals surface area contributed by atoms with E-state index in [0.717, 1.165) is 41.6 Å². The van der Waals surface area contributed by atoms with Gasteiger partial charge in [-0.2, -0.15) is 0 Å². The summed E-state index contributed by atoms with van der Waals surface area (Å²) in [7, 11) is 1.78. The number of amides is 2. The Morgan fingerprint density at radius 1 is 1.00 bits per heavy atom. The second-order valence-corrected chi connectivity index (χ2v) is 8.59. The van der Waals surface area contributed by atoms with Crippen LogP contribution in [-0.4, -0.2) is 30.7 Å². The molecule has 0 aliphatic rings. The third kappa shape index (κ3) is 8.08. The van der Waals surface area contributed by atoms with Crippen LogP contribution in [0.4, 0.5) is 10.5 Å². The van der Waals surface area contributed by atoms with Gasteiger partial charge in [-0.3, -0.25) is 4.90 Å². The number of benzene rings is 2. The molecule has 2 amide bonds. The Labute approximate surface area is 198 Å². The van der Waals surface area contributed by atoms with Crippen LogP contribution in [0.3, 0.4) is 0 Å². The summed E-state index contributed by atoms with van der Waals surface area (Å²) in [6, 6.07) is 15.6. The van der Waals surface area contributed by atoms with Gasteiger partial charge in [-0.1, -0.05) is 82.9 Å². The molecule has 0 fully saturated rings. The average molecular weight is 451 g/mol. The Balaban J connectivity index is 2.06. The summed E-state index contributed by atoms with van der Waals surface area (Å²) in [6.07, 6.45) is 8.35. The van der Waals surface area contributed by atoms with E-state index in [4.69, 9.17) is 0 Å². The van der Waals surface area contributed by atoms with Crippen molar-refractivity contribution in [3.63, 3.8) is 0 Å². The molecule has 5 nitrogen and oxygen atoms in total. The van der Waals surface area contributed by atoms with Gasteiger partial charge in [0.2, 0.25) is 0 Å². The van der Waals surface area contributed by atoms with E-state index in [9.17, 15) is 14.7 Å². The van der Waals surface area contributed by atoms with E-state index in [-0.39, 0.29) is 11.9 Å². The molecule has 0 saturated carbocycles. The molecule has 0 spiro atoms. The minimum Gasteiger partial charge on any atom is -0.478 e. The highest BCUT2D eigenvalue weighted by atomic mass is 16.4. The van der Waals surface area contributed by atoms with Crippen LogP contribution in [0.15, 0.2) is 54.1 Å². The van der Waals surface area contributed by atoms with Crippen molar-refractivity contribution in [2.75, 3.05) is 18.5 Å². The Kier molecular flexibility index (Phi) is 10.7. The average Bonchev–Trinajstić information content (AvgIpc) is 2.83. The number of unbranched alkanes of at least 4 members (excludes halogenated alkanes) is 4. The fourth-order valence-electron chi connectivity index (χ4n) is 3.64. The molecular formula is C28H38N2O3. The van der Waals surface area contributed by atoms with E-state index in [2.05, 4.69) is 12.2 Å². The van der Waals surface area contributed by atoms with Crippen molar-refractivity contribution in [1.29, 1.82) is 0 Å². The van der Waals surface area contributed by atoms with Crippen molar-refractivity contribution in [1.82, 2.24) is 5.32 Å². The Morgan fingerprint density at radius 2 is 1.70 bits per heavy atom. The molecular weight excluding hydrogens is 412 g/mol. The first-order valence-corrected chi connectivity index (χ1v) is 12.0. The number of carbonyl (C=O) groups is 2. The molecule has 178 valence electrons. The van der Waals surface area contributed by atoms with Crippen molar-refractivity contribution in [3.05, 3.63) is 59.7 Å². The zero-order valence-corrected chi connectivity index (χ0v) is 20.4. The number of hydrogen-bond acceptors (Lipinski definition) is 2. The van der Waals surface area contributed by atoms with Crippen LogP contribution in [-0.2, 0) is 4.79 Å². The molecule has 5 heteroatoms. The molecule has 0 aliphatic carbocycles. The first kappa shape index (κ1) is 26.2. The summed E-state index contributed by atoms with van der Waals surface area (Å²) in [5.41, 5.74) is 4.12. The Hall–Kier alpha value is -3.08. The molecule has 0 aliphatic heterocycles. The lowest BCUT2D eigenvalue weighted by Gasteiger charge is -2.19. The molecule has 0 aromatic heterocycles. The largest absolute Gasteiger partial charge is 0.478 e. The van der Waals surface area contributed by atoms with Gasteiger partial charge in [0.05, 0.1) is 0 Å². The molecule has 0 radical (unpaired) electrons. The van der Waals surface area contributed by atoms with Crippen LogP contribution in [0.25, 0.3) is 17.2 Å². The molecule has 1 atom stereocenters. The maximum atomic E-state index is 12.5. The highest BCUT2D eigenvalue weighted by Gasteiger charge is 2.14. The minimum atomic E-state index is -0.872. The highest BCUT2D eigenvalue weighted by Crippen LogP contribution is 2.26. The van der Waals surface area contributed by atoms with Crippen LogP contribution >= 0.6 is 0 Å². The van der Waals surface area contributed by atoms with Crippen molar-refractivity contribution in [3.8, 4) is 11.1 Å². The normalized spacial score (nSPS) is 12.3. The van der Waals surface area contributed by atoms with E-state index >= 15 is 0 Å². The third-order valence-corrected chi connectivity index (χ3v) is 6.05. The number of anilines is 1. The lowest BCUT2D eigenvalue weighted by atomic mass is 9.95. The van der Waals surface area contributed by atoms with E-state index in [1.807, 2.05) is 62.4 Å². The number of aliphatic carboxylic acids is 1. The minimum absolute atomic E-state index is 0.00289. The number of carboxylic acids is 1. The molecule has 1 unspecified atom stereocenters. The molecule has 2 rings (SSSR count). The first-order valence-electron chi connectivity index (χ1n) is 12.0. The van der Waals surface area contributed by atoms with Gasteiger partial charge in [-0.05, 0) is 53.7 Å². The summed E-state index contributed by atoms with van der Waals surface area (Å²) in [4.78, 5) is 25.7. The van der Waals surface area contributed by atoms with E-state index in [1.165, 1.54) is 19.3 Å². The standard InChI is InChI=1S/C28H38N2O3/c1-5-7-8-9-10-18-29-28(33)30(4)25-13-11-12-24(20-25)23-16-14-22(15-17-23)19-26(27(31)32)21(3)6-2/h11-17,19-21H,5-10,18H2,1-4H3,(H,29,33)(H,31,32). The molecule has 2 aromatic rings. The van der Waals surface area contributed by atoms with Gasteiger partial charge in [0, 0.05) is 24.9 Å². The monoisotopic (exact) mass is 450 g/mol. The lowest BCUT2D eigenvalue weighted by Crippen LogP contribution is -2.37. The van der Waals surface area contributed by atoms with Gasteiger partial charge in [-0.25, -0.2) is 9.59 Å². The van der Waals surface area contributed by atoms with Gasteiger partial charge < -0.3 is 10.4 Å². The van der Waals surface area contributed by atoms with Crippen molar-refractivity contribution >= 4 is 23.8 Å². The Morgan fingerprint density at radius 3 is 2.33 bits per heavy atom. The summed E-state index contributed by atoms with van der Waals surface area (Å²) in [6.45, 7) is 6.80.